The summed E-state index contributed by atoms with van der Waals surface area (Å²) in [7, 11) is 0.726. The smallest absolute Gasteiger partial charge is 0.321 e. The van der Waals surface area contributed by atoms with E-state index in [1.165, 1.54) is 0 Å². The number of nitrogens with zero attached hydrogens (tertiary/aromatic N) is 2. The molecule has 0 aliphatic rings. The van der Waals surface area contributed by atoms with Gasteiger partial charge in [0.05, 0.1) is 6.04 Å². The van der Waals surface area contributed by atoms with Gasteiger partial charge in [0.25, 0.3) is 0 Å². The van der Waals surface area contributed by atoms with Crippen LogP contribution in [-0.2, 0) is 10.8 Å². The van der Waals surface area contributed by atoms with E-state index in [0.29, 0.717) is 5.69 Å². The summed E-state index contributed by atoms with van der Waals surface area (Å²) in [6.07, 6.45) is 5.04. The van der Waals surface area contributed by atoms with Gasteiger partial charge in [-0.3, -0.25) is 9.19 Å². The molecule has 1 aromatic heterocycles. The summed E-state index contributed by atoms with van der Waals surface area (Å²) in [6.45, 7) is 1.96. The summed E-state index contributed by atoms with van der Waals surface area (Å²) in [5, 5.41) is 2.83. The van der Waals surface area contributed by atoms with E-state index in [-0.39, 0.29) is 12.1 Å². The highest BCUT2D eigenvalue weighted by Gasteiger charge is 2.17. The lowest BCUT2D eigenvalue weighted by atomic mass is 10.1. The summed E-state index contributed by atoms with van der Waals surface area (Å²) >= 11 is 0. The Hall–Kier alpha value is -2.21. The molecule has 2 aromatic rings. The summed E-state index contributed by atoms with van der Waals surface area (Å²) in [5.74, 6) is 0. The lowest BCUT2D eigenvalue weighted by Gasteiger charge is -2.25. The Morgan fingerprint density at radius 2 is 1.77 bits per heavy atom. The van der Waals surface area contributed by atoms with Gasteiger partial charge in [0.15, 0.2) is 0 Å². The second kappa shape index (κ2) is 7.17. The molecule has 22 heavy (non-hydrogen) atoms. The van der Waals surface area contributed by atoms with Gasteiger partial charge >= 0.3 is 6.03 Å². The number of amides is 2. The zero-order chi connectivity index (χ0) is 16.1. The number of benzene rings is 1. The number of urea groups is 1. The van der Waals surface area contributed by atoms with Crippen LogP contribution >= 0.6 is 0 Å². The van der Waals surface area contributed by atoms with Crippen LogP contribution in [0.4, 0.5) is 10.5 Å². The molecule has 0 saturated heterocycles. The molecule has 6 heteroatoms. The van der Waals surface area contributed by atoms with Crippen LogP contribution in [0.3, 0.4) is 0 Å². The molecule has 2 atom stereocenters. The number of rotatable bonds is 4. The minimum absolute atomic E-state index is 0.0644. The van der Waals surface area contributed by atoms with Crippen LogP contribution in [0.15, 0.2) is 53.7 Å². The number of anilines is 1. The molecule has 116 valence electrons. The Bertz CT molecular complexity index is 659. The average molecular weight is 317 g/mol. The van der Waals surface area contributed by atoms with E-state index in [4.69, 9.17) is 0 Å². The van der Waals surface area contributed by atoms with Gasteiger partial charge < -0.3 is 10.2 Å². The number of aromatic nitrogens is 1. The van der Waals surface area contributed by atoms with Crippen molar-refractivity contribution in [3.05, 3.63) is 54.4 Å². The highest BCUT2D eigenvalue weighted by atomic mass is 32.2. The van der Waals surface area contributed by atoms with Crippen molar-refractivity contribution in [1.29, 1.82) is 0 Å². The highest BCUT2D eigenvalue weighted by Crippen LogP contribution is 2.19. The maximum Gasteiger partial charge on any atom is 0.322 e. The molecule has 1 heterocycles. The average Bonchev–Trinajstić information content (AvgIpc) is 2.54. The lowest BCUT2D eigenvalue weighted by molar-refractivity contribution is 0.208. The lowest BCUT2D eigenvalue weighted by Crippen LogP contribution is -2.33. The Labute approximate surface area is 132 Å². The number of pyridine rings is 1. The molecule has 5 nitrogen and oxygen atoms in total. The summed E-state index contributed by atoms with van der Waals surface area (Å²) in [6, 6.07) is 10.5. The maximum absolute atomic E-state index is 12.3. The largest absolute Gasteiger partial charge is 0.322 e. The van der Waals surface area contributed by atoms with Crippen LogP contribution in [0.25, 0.3) is 0 Å². The first kappa shape index (κ1) is 16.2. The van der Waals surface area contributed by atoms with Gasteiger partial charge in [-0.1, -0.05) is 0 Å². The minimum Gasteiger partial charge on any atom is -0.321 e. The van der Waals surface area contributed by atoms with E-state index < -0.39 is 10.8 Å². The molecule has 0 radical (unpaired) electrons. The molecular weight excluding hydrogens is 298 g/mol. The molecule has 2 rings (SSSR count). The van der Waals surface area contributed by atoms with Crippen LogP contribution in [0.5, 0.6) is 0 Å². The van der Waals surface area contributed by atoms with Crippen molar-refractivity contribution in [2.75, 3.05) is 18.6 Å². The first-order chi connectivity index (χ1) is 10.5. The van der Waals surface area contributed by atoms with Crippen molar-refractivity contribution in [1.82, 2.24) is 9.88 Å². The first-order valence-corrected chi connectivity index (χ1v) is 8.42. The van der Waals surface area contributed by atoms with Gasteiger partial charge in [-0.25, -0.2) is 4.79 Å². The first-order valence-electron chi connectivity index (χ1n) is 6.86. The number of carbonyl (C=O) groups excluding carboxylic acids is 1. The predicted molar refractivity (Wildman–Crippen MR) is 88.2 cm³/mol. The van der Waals surface area contributed by atoms with Crippen molar-refractivity contribution in [3.8, 4) is 0 Å². The van der Waals surface area contributed by atoms with E-state index in [1.54, 1.807) is 54.9 Å². The number of carbonyl (C=O) groups is 1. The summed E-state index contributed by atoms with van der Waals surface area (Å²) in [4.78, 5) is 18.6. The van der Waals surface area contributed by atoms with Crippen molar-refractivity contribution >= 4 is 22.5 Å². The third-order valence-electron chi connectivity index (χ3n) is 3.53. The fourth-order valence-corrected chi connectivity index (χ4v) is 2.50. The van der Waals surface area contributed by atoms with Crippen LogP contribution in [0, 0.1) is 0 Å². The molecule has 2 amide bonds. The fraction of sp³-hybridized carbons (Fsp3) is 0.250. The Morgan fingerprint density at radius 1 is 1.18 bits per heavy atom. The fourth-order valence-electron chi connectivity index (χ4n) is 1.98. The quantitative estimate of drug-likeness (QED) is 0.943. The van der Waals surface area contributed by atoms with Gasteiger partial charge in [-0.15, -0.1) is 0 Å². The molecule has 0 aliphatic heterocycles. The topological polar surface area (TPSA) is 62.3 Å². The maximum atomic E-state index is 12.3. The van der Waals surface area contributed by atoms with Crippen molar-refractivity contribution in [2.45, 2.75) is 17.9 Å². The summed E-state index contributed by atoms with van der Waals surface area (Å²) < 4.78 is 11.3. The van der Waals surface area contributed by atoms with E-state index in [0.717, 1.165) is 10.5 Å². The van der Waals surface area contributed by atoms with Crippen LogP contribution in [0.2, 0.25) is 0 Å². The zero-order valence-corrected chi connectivity index (χ0v) is 13.6. The van der Waals surface area contributed by atoms with E-state index >= 15 is 0 Å². The van der Waals surface area contributed by atoms with E-state index in [1.807, 2.05) is 19.1 Å². The number of hydrogen-bond donors (Lipinski definition) is 1. The Kier molecular flexibility index (Phi) is 5.27. The van der Waals surface area contributed by atoms with Gasteiger partial charge in [-0.2, -0.15) is 0 Å². The minimum atomic E-state index is -1.02. The number of hydrogen-bond acceptors (Lipinski definition) is 3. The molecule has 1 N–H and O–H groups in total. The molecule has 0 aliphatic carbocycles. The molecule has 0 unspecified atom stereocenters. The van der Waals surface area contributed by atoms with Gasteiger partial charge in [0.2, 0.25) is 0 Å². The molecule has 0 bridgehead atoms. The summed E-state index contributed by atoms with van der Waals surface area (Å²) in [5.41, 5.74) is 1.69. The van der Waals surface area contributed by atoms with Gasteiger partial charge in [0, 0.05) is 47.1 Å². The highest BCUT2D eigenvalue weighted by molar-refractivity contribution is 7.84. The predicted octanol–water partition coefficient (Wildman–Crippen LogP) is 3.04. The Balaban J connectivity index is 2.03. The second-order valence-corrected chi connectivity index (χ2v) is 6.36. The van der Waals surface area contributed by atoms with E-state index in [2.05, 4.69) is 10.3 Å². The van der Waals surface area contributed by atoms with Crippen molar-refractivity contribution < 1.29 is 9.00 Å². The molecular formula is C16H19N3O2S. The van der Waals surface area contributed by atoms with Crippen LogP contribution in [-0.4, -0.2) is 33.4 Å². The normalized spacial score (nSPS) is 13.2. The SMILES string of the molecule is C[C@@H](c1ccncc1)N(C)C(=O)Nc1ccc([S@](C)=O)cc1. The van der Waals surface area contributed by atoms with Crippen molar-refractivity contribution in [3.63, 3.8) is 0 Å². The van der Waals surface area contributed by atoms with Gasteiger partial charge in [-0.05, 0) is 48.9 Å². The third-order valence-corrected chi connectivity index (χ3v) is 4.46. The third kappa shape index (κ3) is 3.92. The zero-order valence-electron chi connectivity index (χ0n) is 12.8. The molecule has 0 fully saturated rings. The Morgan fingerprint density at radius 3 is 2.32 bits per heavy atom. The molecule has 0 spiro atoms. The van der Waals surface area contributed by atoms with E-state index in [9.17, 15) is 9.00 Å². The standard InChI is InChI=1S/C16H19N3O2S/c1-12(13-8-10-17-11-9-13)19(2)16(20)18-14-4-6-15(7-5-14)22(3)21/h4-12H,1-3H3,(H,18,20)/t12-,22-/m0/s1. The van der Waals surface area contributed by atoms with Gasteiger partial charge in [0.1, 0.15) is 0 Å². The monoisotopic (exact) mass is 317 g/mol. The molecule has 0 saturated carbocycles. The van der Waals surface area contributed by atoms with Crippen LogP contribution in [0.1, 0.15) is 18.5 Å². The van der Waals surface area contributed by atoms with Crippen LogP contribution < -0.4 is 5.32 Å². The number of nitrogens with one attached hydrogen (secondary N) is 1. The second-order valence-electron chi connectivity index (χ2n) is 4.98. The van der Waals surface area contributed by atoms with Crippen molar-refractivity contribution in [2.24, 2.45) is 0 Å². The molecule has 1 aromatic carbocycles.